The van der Waals surface area contributed by atoms with Crippen LogP contribution in [0.4, 0.5) is 11.4 Å². The molecule has 2 heterocycles. The average molecular weight is 537 g/mol. The van der Waals surface area contributed by atoms with Crippen LogP contribution in [0.3, 0.4) is 0 Å². The Morgan fingerprint density at radius 2 is 1.97 bits per heavy atom. The van der Waals surface area contributed by atoms with E-state index in [4.69, 9.17) is 16.0 Å². The molecule has 1 saturated heterocycles. The van der Waals surface area contributed by atoms with Gasteiger partial charge in [0.05, 0.1) is 22.7 Å². The maximum absolute atomic E-state index is 12.7. The number of thioether (sulfide) groups is 1. The van der Waals surface area contributed by atoms with Crippen molar-refractivity contribution >= 4 is 56.6 Å². The van der Waals surface area contributed by atoms with Gasteiger partial charge in [-0.1, -0.05) is 42.4 Å². The zero-order valence-corrected chi connectivity index (χ0v) is 20.7. The third-order valence-electron chi connectivity index (χ3n) is 5.23. The second-order valence-electron chi connectivity index (χ2n) is 7.27. The normalized spacial score (nSPS) is 14.5. The fraction of sp³-hybridized carbons (Fsp3) is 0.318. The molecule has 0 unspecified atom stereocenters. The molecule has 1 N–H and O–H groups in total. The molecule has 0 spiro atoms. The summed E-state index contributed by atoms with van der Waals surface area (Å²) in [4.78, 5) is 17.4. The van der Waals surface area contributed by atoms with Crippen molar-refractivity contribution in [2.75, 3.05) is 48.7 Å². The molecule has 4 rings (SSSR count). The Kier molecular flexibility index (Phi) is 7.72. The van der Waals surface area contributed by atoms with Crippen molar-refractivity contribution in [1.29, 1.82) is 0 Å². The number of aromatic nitrogens is 2. The van der Waals surface area contributed by atoms with Crippen molar-refractivity contribution in [2.45, 2.75) is 12.1 Å². The summed E-state index contributed by atoms with van der Waals surface area (Å²) in [5, 5.41) is 12.0. The Hall–Kier alpha value is -2.07. The molecule has 1 aliphatic heterocycles. The number of benzene rings is 2. The molecular weight excluding hydrogens is 514 g/mol. The number of anilines is 2. The Bertz CT molecular complexity index is 1090. The molecule has 1 aliphatic rings. The minimum atomic E-state index is -0.161. The number of nitrogens with zero attached hydrogens (tertiary/aromatic N) is 4. The highest BCUT2D eigenvalue weighted by molar-refractivity contribution is 9.10. The van der Waals surface area contributed by atoms with E-state index in [-0.39, 0.29) is 11.7 Å². The molecule has 7 nitrogen and oxygen atoms in total. The van der Waals surface area contributed by atoms with Crippen LogP contribution in [-0.4, -0.2) is 59.5 Å². The molecule has 2 aromatic carbocycles. The third-order valence-corrected chi connectivity index (χ3v) is 6.98. The van der Waals surface area contributed by atoms with E-state index < -0.39 is 0 Å². The lowest BCUT2D eigenvalue weighted by Gasteiger charge is -2.36. The summed E-state index contributed by atoms with van der Waals surface area (Å²) < 4.78 is 6.57. The second-order valence-corrected chi connectivity index (χ2v) is 9.49. The van der Waals surface area contributed by atoms with Crippen molar-refractivity contribution in [3.8, 4) is 11.5 Å². The molecule has 0 bridgehead atoms. The largest absolute Gasteiger partial charge is 0.411 e. The smallest absolute Gasteiger partial charge is 0.277 e. The molecule has 10 heteroatoms. The van der Waals surface area contributed by atoms with Gasteiger partial charge < -0.3 is 19.5 Å². The maximum Gasteiger partial charge on any atom is 0.277 e. The van der Waals surface area contributed by atoms with E-state index in [1.807, 2.05) is 36.4 Å². The van der Waals surface area contributed by atoms with Crippen molar-refractivity contribution < 1.29 is 9.21 Å². The van der Waals surface area contributed by atoms with E-state index >= 15 is 0 Å². The molecule has 0 radical (unpaired) electrons. The topological polar surface area (TPSA) is 74.5 Å². The van der Waals surface area contributed by atoms with Gasteiger partial charge in [-0.2, -0.15) is 0 Å². The number of rotatable bonds is 7. The van der Waals surface area contributed by atoms with Crippen LogP contribution in [-0.2, 0) is 4.79 Å². The first-order chi connectivity index (χ1) is 15.5. The van der Waals surface area contributed by atoms with E-state index in [0.717, 1.165) is 48.4 Å². The first-order valence-corrected chi connectivity index (χ1v) is 12.5. The number of piperazine rings is 1. The molecule has 32 heavy (non-hydrogen) atoms. The van der Waals surface area contributed by atoms with Crippen LogP contribution in [0.2, 0.25) is 5.02 Å². The van der Waals surface area contributed by atoms with Gasteiger partial charge in [-0.3, -0.25) is 4.79 Å². The SMILES string of the molecule is CCN1CCN(c2ccc(Cl)cc2NC(=O)CSc2nnc(-c3ccccc3Br)o2)CC1. The van der Waals surface area contributed by atoms with Gasteiger partial charge in [0.15, 0.2) is 0 Å². The number of hydrogen-bond acceptors (Lipinski definition) is 7. The number of likely N-dealkylation sites (N-methyl/N-ethyl adjacent to an activating group) is 1. The van der Waals surface area contributed by atoms with Crippen LogP contribution in [0.5, 0.6) is 0 Å². The van der Waals surface area contributed by atoms with Crippen LogP contribution < -0.4 is 10.2 Å². The summed E-state index contributed by atoms with van der Waals surface area (Å²) in [5.74, 6) is 0.391. The molecule has 1 fully saturated rings. The highest BCUT2D eigenvalue weighted by atomic mass is 79.9. The third kappa shape index (κ3) is 5.64. The number of halogens is 2. The summed E-state index contributed by atoms with van der Waals surface area (Å²) in [5.41, 5.74) is 2.51. The van der Waals surface area contributed by atoms with Crippen molar-refractivity contribution in [1.82, 2.24) is 15.1 Å². The number of carbonyl (C=O) groups is 1. The summed E-state index contributed by atoms with van der Waals surface area (Å²) in [6.45, 7) is 7.04. The monoisotopic (exact) mass is 535 g/mol. The fourth-order valence-electron chi connectivity index (χ4n) is 3.51. The number of amides is 1. The van der Waals surface area contributed by atoms with E-state index in [0.29, 0.717) is 21.8 Å². The summed E-state index contributed by atoms with van der Waals surface area (Å²) in [7, 11) is 0. The summed E-state index contributed by atoms with van der Waals surface area (Å²) >= 11 is 10.9. The molecule has 0 atom stereocenters. The zero-order valence-electron chi connectivity index (χ0n) is 17.6. The van der Waals surface area contributed by atoms with Crippen molar-refractivity contribution in [3.63, 3.8) is 0 Å². The maximum atomic E-state index is 12.7. The van der Waals surface area contributed by atoms with Gasteiger partial charge in [0.1, 0.15) is 0 Å². The molecule has 1 amide bonds. The van der Waals surface area contributed by atoms with E-state index in [2.05, 4.69) is 48.2 Å². The van der Waals surface area contributed by atoms with Gasteiger partial charge in [0.25, 0.3) is 5.22 Å². The van der Waals surface area contributed by atoms with Gasteiger partial charge in [-0.05, 0) is 52.8 Å². The van der Waals surface area contributed by atoms with Crippen LogP contribution in [0.15, 0.2) is 56.6 Å². The van der Waals surface area contributed by atoms with E-state index in [9.17, 15) is 4.79 Å². The predicted octanol–water partition coefficient (Wildman–Crippen LogP) is 5.03. The minimum absolute atomic E-state index is 0.146. The second kappa shape index (κ2) is 10.7. The Labute approximate surface area is 204 Å². The van der Waals surface area contributed by atoms with Gasteiger partial charge in [0.2, 0.25) is 11.8 Å². The number of nitrogens with one attached hydrogen (secondary N) is 1. The standard InChI is InChI=1S/C22H23BrClN5O2S/c1-2-28-9-11-29(12-10-28)19-8-7-15(24)13-18(19)25-20(30)14-32-22-27-26-21(31-22)16-5-3-4-6-17(16)23/h3-8,13H,2,9-12,14H2,1H3,(H,25,30). The van der Waals surface area contributed by atoms with Crippen molar-refractivity contribution in [2.24, 2.45) is 0 Å². The van der Waals surface area contributed by atoms with E-state index in [1.165, 1.54) is 11.8 Å². The Balaban J connectivity index is 1.39. The molecule has 3 aromatic rings. The van der Waals surface area contributed by atoms with Gasteiger partial charge >= 0.3 is 0 Å². The van der Waals surface area contributed by atoms with Gasteiger partial charge in [0, 0.05) is 35.7 Å². The first-order valence-electron chi connectivity index (χ1n) is 10.3. The highest BCUT2D eigenvalue weighted by Crippen LogP contribution is 2.31. The van der Waals surface area contributed by atoms with Crippen LogP contribution in [0, 0.1) is 0 Å². The Morgan fingerprint density at radius 1 is 1.19 bits per heavy atom. The summed E-state index contributed by atoms with van der Waals surface area (Å²) in [6, 6.07) is 13.2. The van der Waals surface area contributed by atoms with Crippen molar-refractivity contribution in [3.05, 3.63) is 52.0 Å². The zero-order chi connectivity index (χ0) is 22.5. The quantitative estimate of drug-likeness (QED) is 0.425. The fourth-order valence-corrected chi connectivity index (χ4v) is 4.70. The number of hydrogen-bond donors (Lipinski definition) is 1. The van der Waals surface area contributed by atoms with Crippen LogP contribution in [0.25, 0.3) is 11.5 Å². The highest BCUT2D eigenvalue weighted by Gasteiger charge is 2.20. The molecule has 168 valence electrons. The van der Waals surface area contributed by atoms with Crippen LogP contribution >= 0.6 is 39.3 Å². The number of carbonyl (C=O) groups excluding carboxylic acids is 1. The molecule has 0 aliphatic carbocycles. The molecular formula is C22H23BrClN5O2S. The lowest BCUT2D eigenvalue weighted by atomic mass is 10.2. The van der Waals surface area contributed by atoms with E-state index in [1.54, 1.807) is 6.07 Å². The predicted molar refractivity (Wildman–Crippen MR) is 133 cm³/mol. The van der Waals surface area contributed by atoms with Crippen LogP contribution in [0.1, 0.15) is 6.92 Å². The average Bonchev–Trinajstić information content (AvgIpc) is 3.27. The lowest BCUT2D eigenvalue weighted by Crippen LogP contribution is -2.46. The minimum Gasteiger partial charge on any atom is -0.411 e. The molecule has 1 aromatic heterocycles. The van der Waals surface area contributed by atoms with Gasteiger partial charge in [-0.25, -0.2) is 0 Å². The first kappa shape index (κ1) is 23.1. The lowest BCUT2D eigenvalue weighted by molar-refractivity contribution is -0.113. The van der Waals surface area contributed by atoms with Gasteiger partial charge in [-0.15, -0.1) is 10.2 Å². The summed E-state index contributed by atoms with van der Waals surface area (Å²) in [6.07, 6.45) is 0. The molecule has 0 saturated carbocycles. The Morgan fingerprint density at radius 3 is 2.72 bits per heavy atom.